The van der Waals surface area contributed by atoms with Gasteiger partial charge in [-0.1, -0.05) is 19.3 Å². The first-order valence-corrected chi connectivity index (χ1v) is 8.58. The van der Waals surface area contributed by atoms with Gasteiger partial charge in [0, 0.05) is 25.2 Å². The van der Waals surface area contributed by atoms with Gasteiger partial charge in [0.25, 0.3) is 5.91 Å². The molecule has 5 nitrogen and oxygen atoms in total. The van der Waals surface area contributed by atoms with Crippen LogP contribution in [0.25, 0.3) is 0 Å². The van der Waals surface area contributed by atoms with E-state index in [9.17, 15) is 4.79 Å². The second-order valence-corrected chi connectivity index (χ2v) is 6.58. The van der Waals surface area contributed by atoms with Gasteiger partial charge in [0.15, 0.2) is 0 Å². The van der Waals surface area contributed by atoms with Crippen LogP contribution in [0.4, 0.5) is 0 Å². The zero-order valence-electron chi connectivity index (χ0n) is 14.0. The number of hydrogen-bond acceptors (Lipinski definition) is 4. The molecule has 1 saturated carbocycles. The van der Waals surface area contributed by atoms with Crippen molar-refractivity contribution in [1.82, 2.24) is 10.2 Å². The Labute approximate surface area is 156 Å². The summed E-state index contributed by atoms with van der Waals surface area (Å²) in [4.78, 5) is 14.8. The Kier molecular flexibility index (Phi) is 9.13. The molecule has 0 radical (unpaired) electrons. The molecule has 138 valence electrons. The van der Waals surface area contributed by atoms with Gasteiger partial charge < -0.3 is 20.4 Å². The van der Waals surface area contributed by atoms with Gasteiger partial charge in [0.1, 0.15) is 12.0 Å². The summed E-state index contributed by atoms with van der Waals surface area (Å²) < 4.78 is 5.23. The zero-order valence-corrected chi connectivity index (χ0v) is 15.7. The summed E-state index contributed by atoms with van der Waals surface area (Å²) in [5.41, 5.74) is 6.08. The average molecular weight is 378 g/mol. The highest BCUT2D eigenvalue weighted by Gasteiger charge is 2.27. The van der Waals surface area contributed by atoms with Crippen molar-refractivity contribution in [2.45, 2.75) is 63.6 Å². The number of furan rings is 1. The molecule has 1 aromatic heterocycles. The molecular formula is C17H29Cl2N3O2. The van der Waals surface area contributed by atoms with Gasteiger partial charge in [0.2, 0.25) is 0 Å². The monoisotopic (exact) mass is 377 g/mol. The smallest absolute Gasteiger partial charge is 0.254 e. The average Bonchev–Trinajstić information content (AvgIpc) is 3.06. The Bertz CT molecular complexity index is 496. The molecule has 0 atom stereocenters. The minimum absolute atomic E-state index is 0. The predicted octanol–water partition coefficient (Wildman–Crippen LogP) is 3.11. The number of hydrogen-bond donors (Lipinski definition) is 2. The second-order valence-electron chi connectivity index (χ2n) is 6.58. The molecule has 1 amide bonds. The van der Waals surface area contributed by atoms with Gasteiger partial charge in [-0.05, 0) is 31.7 Å². The maximum atomic E-state index is 12.2. The van der Waals surface area contributed by atoms with Crippen molar-refractivity contribution in [3.05, 3.63) is 23.7 Å². The van der Waals surface area contributed by atoms with Crippen LogP contribution in [0, 0.1) is 0 Å². The van der Waals surface area contributed by atoms with Gasteiger partial charge in [0.05, 0.1) is 12.1 Å². The van der Waals surface area contributed by atoms with E-state index in [4.69, 9.17) is 10.2 Å². The molecule has 1 aliphatic heterocycles. The molecule has 1 aromatic rings. The summed E-state index contributed by atoms with van der Waals surface area (Å²) in [6.07, 6.45) is 10.5. The van der Waals surface area contributed by atoms with Crippen LogP contribution < -0.4 is 11.1 Å². The van der Waals surface area contributed by atoms with Gasteiger partial charge in [-0.3, -0.25) is 4.79 Å². The number of nitrogens with two attached hydrogens (primary N) is 1. The van der Waals surface area contributed by atoms with Crippen LogP contribution in [0.5, 0.6) is 0 Å². The summed E-state index contributed by atoms with van der Waals surface area (Å²) >= 11 is 0. The van der Waals surface area contributed by atoms with Crippen molar-refractivity contribution in [2.75, 3.05) is 13.1 Å². The van der Waals surface area contributed by atoms with Crippen molar-refractivity contribution < 1.29 is 9.21 Å². The molecular weight excluding hydrogens is 349 g/mol. The predicted molar refractivity (Wildman–Crippen MR) is 100 cm³/mol. The molecule has 2 fully saturated rings. The van der Waals surface area contributed by atoms with Gasteiger partial charge in [-0.25, -0.2) is 0 Å². The number of likely N-dealkylation sites (tertiary alicyclic amines) is 1. The first-order valence-electron chi connectivity index (χ1n) is 8.58. The summed E-state index contributed by atoms with van der Waals surface area (Å²) in [5.74, 6) is 0.608. The van der Waals surface area contributed by atoms with Crippen LogP contribution in [0.1, 0.15) is 61.1 Å². The van der Waals surface area contributed by atoms with Crippen molar-refractivity contribution in [1.29, 1.82) is 0 Å². The van der Waals surface area contributed by atoms with E-state index in [1.807, 2.05) is 0 Å². The minimum atomic E-state index is -0.0421. The van der Waals surface area contributed by atoms with E-state index < -0.39 is 0 Å². The number of amides is 1. The van der Waals surface area contributed by atoms with E-state index in [2.05, 4.69) is 10.2 Å². The summed E-state index contributed by atoms with van der Waals surface area (Å²) in [6.45, 7) is 2.54. The van der Waals surface area contributed by atoms with Gasteiger partial charge in [-0.2, -0.15) is 0 Å². The molecule has 0 spiro atoms. The molecule has 1 saturated heterocycles. The van der Waals surface area contributed by atoms with E-state index in [0.717, 1.165) is 32.0 Å². The normalized spacial score (nSPS) is 20.0. The molecule has 2 aliphatic rings. The van der Waals surface area contributed by atoms with Crippen molar-refractivity contribution in [3.63, 3.8) is 0 Å². The number of piperidine rings is 1. The van der Waals surface area contributed by atoms with Crippen LogP contribution >= 0.6 is 24.8 Å². The Morgan fingerprint density at radius 1 is 1.17 bits per heavy atom. The molecule has 3 N–H and O–H groups in total. The van der Waals surface area contributed by atoms with Crippen LogP contribution in [-0.4, -0.2) is 36.0 Å². The third kappa shape index (κ3) is 5.38. The van der Waals surface area contributed by atoms with Crippen LogP contribution in [0.2, 0.25) is 0 Å². The lowest BCUT2D eigenvalue weighted by Crippen LogP contribution is -2.48. The highest BCUT2D eigenvalue weighted by molar-refractivity contribution is 5.94. The van der Waals surface area contributed by atoms with Crippen LogP contribution in [-0.2, 0) is 6.54 Å². The van der Waals surface area contributed by atoms with Crippen molar-refractivity contribution in [2.24, 2.45) is 5.73 Å². The topological polar surface area (TPSA) is 71.5 Å². The molecule has 0 unspecified atom stereocenters. The van der Waals surface area contributed by atoms with E-state index in [0.29, 0.717) is 17.9 Å². The standard InChI is InChI=1S/C17H27N3O2.2ClH/c18-11-16-10-13(12-22-16)17(21)19-14-6-8-20(9-7-14)15-4-2-1-3-5-15;;/h10,12,14-15H,1-9,11,18H2,(H,19,21);2*1H. The molecule has 7 heteroatoms. The zero-order chi connectivity index (χ0) is 15.4. The van der Waals surface area contributed by atoms with Gasteiger partial charge in [-0.15, -0.1) is 24.8 Å². The maximum Gasteiger partial charge on any atom is 0.254 e. The maximum absolute atomic E-state index is 12.2. The fraction of sp³-hybridized carbons (Fsp3) is 0.706. The largest absolute Gasteiger partial charge is 0.467 e. The van der Waals surface area contributed by atoms with Crippen LogP contribution in [0.15, 0.2) is 16.7 Å². The second kappa shape index (κ2) is 10.3. The third-order valence-electron chi connectivity index (χ3n) is 5.07. The number of nitrogens with zero attached hydrogens (tertiary/aromatic N) is 1. The Morgan fingerprint density at radius 2 is 1.83 bits per heavy atom. The molecule has 0 aromatic carbocycles. The Hall–Kier alpha value is -0.750. The lowest BCUT2D eigenvalue weighted by molar-refractivity contribution is 0.0865. The number of nitrogens with one attached hydrogen (secondary N) is 1. The molecule has 3 rings (SSSR count). The molecule has 2 heterocycles. The fourth-order valence-electron chi connectivity index (χ4n) is 3.73. The third-order valence-corrected chi connectivity index (χ3v) is 5.07. The molecule has 24 heavy (non-hydrogen) atoms. The Morgan fingerprint density at radius 3 is 2.42 bits per heavy atom. The quantitative estimate of drug-likeness (QED) is 0.845. The lowest BCUT2D eigenvalue weighted by Gasteiger charge is -2.39. The molecule has 0 bridgehead atoms. The van der Waals surface area contributed by atoms with E-state index in [1.165, 1.54) is 38.4 Å². The number of carbonyl (C=O) groups is 1. The van der Waals surface area contributed by atoms with E-state index in [-0.39, 0.29) is 36.8 Å². The minimum Gasteiger partial charge on any atom is -0.467 e. The van der Waals surface area contributed by atoms with E-state index in [1.54, 1.807) is 6.07 Å². The lowest BCUT2D eigenvalue weighted by atomic mass is 9.92. The number of rotatable bonds is 4. The van der Waals surface area contributed by atoms with Crippen molar-refractivity contribution >= 4 is 30.7 Å². The molecule has 1 aliphatic carbocycles. The van der Waals surface area contributed by atoms with Crippen molar-refractivity contribution in [3.8, 4) is 0 Å². The fourth-order valence-corrected chi connectivity index (χ4v) is 3.73. The summed E-state index contributed by atoms with van der Waals surface area (Å²) in [7, 11) is 0. The SMILES string of the molecule is Cl.Cl.NCc1cc(C(=O)NC2CCN(C3CCCCC3)CC2)co1. The highest BCUT2D eigenvalue weighted by Crippen LogP contribution is 2.25. The summed E-state index contributed by atoms with van der Waals surface area (Å²) in [5, 5.41) is 3.13. The van der Waals surface area contributed by atoms with Gasteiger partial charge >= 0.3 is 0 Å². The van der Waals surface area contributed by atoms with Crippen LogP contribution in [0.3, 0.4) is 0 Å². The first-order chi connectivity index (χ1) is 10.8. The first kappa shape index (κ1) is 21.3. The number of halogens is 2. The summed E-state index contributed by atoms with van der Waals surface area (Å²) in [6, 6.07) is 2.79. The highest BCUT2D eigenvalue weighted by atomic mass is 35.5. The number of carbonyl (C=O) groups excluding carboxylic acids is 1. The van der Waals surface area contributed by atoms with E-state index >= 15 is 0 Å². The Balaban J connectivity index is 0.00000144.